The number of anilines is 1. The zero-order valence-electron chi connectivity index (χ0n) is 9.51. The number of fused-ring (bicyclic) bond motifs is 1. The number of carbonyl (C=O) groups excluding carboxylic acids is 1. The van der Waals surface area contributed by atoms with E-state index in [0.717, 1.165) is 16.3 Å². The Balaban J connectivity index is 0.00000120. The molecule has 0 atom stereocenters. The summed E-state index contributed by atoms with van der Waals surface area (Å²) in [5.41, 5.74) is 1.81. The number of nitrogens with one attached hydrogen (secondary N) is 2. The maximum Gasteiger partial charge on any atom is 0.262 e. The van der Waals surface area contributed by atoms with Gasteiger partial charge >= 0.3 is 0 Å². The van der Waals surface area contributed by atoms with Gasteiger partial charge in [0.15, 0.2) is 0 Å². The predicted molar refractivity (Wildman–Crippen MR) is 75.5 cm³/mol. The van der Waals surface area contributed by atoms with E-state index in [1.165, 1.54) is 11.8 Å². The highest BCUT2D eigenvalue weighted by molar-refractivity contribution is 8.04. The summed E-state index contributed by atoms with van der Waals surface area (Å²) < 4.78 is 0. The van der Waals surface area contributed by atoms with Crippen molar-refractivity contribution in [2.75, 3.05) is 5.32 Å². The van der Waals surface area contributed by atoms with Crippen LogP contribution in [-0.2, 0) is 4.79 Å². The van der Waals surface area contributed by atoms with Gasteiger partial charge in [-0.15, -0.1) is 0 Å². The second-order valence-corrected chi connectivity index (χ2v) is 4.77. The molecule has 0 saturated carbocycles. The molecule has 1 amide bonds. The van der Waals surface area contributed by atoms with Crippen LogP contribution in [0.15, 0.2) is 52.4 Å². The van der Waals surface area contributed by atoms with Crippen LogP contribution in [0.1, 0.15) is 5.69 Å². The summed E-state index contributed by atoms with van der Waals surface area (Å²) in [6.07, 6.45) is 3.70. The summed E-state index contributed by atoms with van der Waals surface area (Å²) in [6, 6.07) is 11.6. The van der Waals surface area contributed by atoms with Gasteiger partial charge < -0.3 is 10.3 Å². The van der Waals surface area contributed by atoms with E-state index in [2.05, 4.69) is 10.3 Å². The van der Waals surface area contributed by atoms with E-state index in [-0.39, 0.29) is 14.3 Å². The number of hydrogen-bond donors (Lipinski definition) is 2. The zero-order chi connectivity index (χ0) is 11.7. The van der Waals surface area contributed by atoms with Crippen LogP contribution in [0.25, 0.3) is 6.08 Å². The van der Waals surface area contributed by atoms with Crippen molar-refractivity contribution in [3.05, 3.63) is 53.2 Å². The van der Waals surface area contributed by atoms with Gasteiger partial charge in [0.05, 0.1) is 10.6 Å². The third-order valence-electron chi connectivity index (χ3n) is 2.49. The van der Waals surface area contributed by atoms with E-state index < -0.39 is 0 Å². The number of aromatic amines is 1. The number of amides is 1. The molecule has 0 fully saturated rings. The van der Waals surface area contributed by atoms with Crippen molar-refractivity contribution in [3.63, 3.8) is 0 Å². The lowest BCUT2D eigenvalue weighted by atomic mass is 10.3. The number of carbonyl (C=O) groups is 1. The van der Waals surface area contributed by atoms with Gasteiger partial charge in [0.2, 0.25) is 0 Å². The summed E-state index contributed by atoms with van der Waals surface area (Å²) in [5.74, 6) is -0.0525. The lowest BCUT2D eigenvalue weighted by Gasteiger charge is -2.17. The number of hydrogen-bond acceptors (Lipinski definition) is 2. The normalized spacial score (nSPS) is 15.8. The first-order chi connectivity index (χ1) is 8.33. The second-order valence-electron chi connectivity index (χ2n) is 3.69. The van der Waals surface area contributed by atoms with E-state index in [4.69, 9.17) is 0 Å². The SMILES string of the molecule is O=C1Nc2ccccc2SC1=Cc1ccc[nH]1.[B]. The molecule has 2 heterocycles. The van der Waals surface area contributed by atoms with Crippen molar-refractivity contribution in [2.24, 2.45) is 0 Å². The van der Waals surface area contributed by atoms with Crippen LogP contribution in [0.3, 0.4) is 0 Å². The maximum atomic E-state index is 11.9. The van der Waals surface area contributed by atoms with Crippen molar-refractivity contribution in [2.45, 2.75) is 4.90 Å². The molecule has 2 N–H and O–H groups in total. The first kappa shape index (κ1) is 12.6. The van der Waals surface area contributed by atoms with Gasteiger partial charge in [-0.2, -0.15) is 0 Å². The highest BCUT2D eigenvalue weighted by Gasteiger charge is 2.20. The summed E-state index contributed by atoms with van der Waals surface area (Å²) in [7, 11) is 0. The van der Waals surface area contributed by atoms with Crippen molar-refractivity contribution >= 4 is 37.8 Å². The summed E-state index contributed by atoms with van der Waals surface area (Å²) >= 11 is 1.49. The van der Waals surface area contributed by atoms with Crippen molar-refractivity contribution in [3.8, 4) is 0 Å². The molecule has 0 saturated heterocycles. The van der Waals surface area contributed by atoms with E-state index in [9.17, 15) is 4.79 Å². The lowest BCUT2D eigenvalue weighted by molar-refractivity contribution is -0.112. The van der Waals surface area contributed by atoms with Gasteiger partial charge in [0.1, 0.15) is 0 Å². The second kappa shape index (κ2) is 5.18. The minimum Gasteiger partial charge on any atom is -0.362 e. The molecular formula is C13H10BN2OS. The van der Waals surface area contributed by atoms with Gasteiger partial charge in [-0.3, -0.25) is 4.79 Å². The highest BCUT2D eigenvalue weighted by Crippen LogP contribution is 2.38. The quantitative estimate of drug-likeness (QED) is 0.606. The number of rotatable bonds is 1. The molecule has 18 heavy (non-hydrogen) atoms. The minimum absolute atomic E-state index is 0. The van der Waals surface area contributed by atoms with E-state index in [0.29, 0.717) is 4.91 Å². The van der Waals surface area contributed by atoms with E-state index in [1.54, 1.807) is 0 Å². The smallest absolute Gasteiger partial charge is 0.262 e. The van der Waals surface area contributed by atoms with Gasteiger partial charge in [-0.05, 0) is 30.3 Å². The van der Waals surface area contributed by atoms with Crippen LogP contribution in [0.4, 0.5) is 5.69 Å². The van der Waals surface area contributed by atoms with Crippen LogP contribution in [0.2, 0.25) is 0 Å². The summed E-state index contributed by atoms with van der Waals surface area (Å²) in [6.45, 7) is 0. The average molecular weight is 253 g/mol. The Morgan fingerprint density at radius 3 is 2.72 bits per heavy atom. The first-order valence-electron chi connectivity index (χ1n) is 5.26. The van der Waals surface area contributed by atoms with Gasteiger partial charge in [-0.25, -0.2) is 0 Å². The number of aromatic nitrogens is 1. The number of benzene rings is 1. The van der Waals surface area contributed by atoms with E-state index >= 15 is 0 Å². The van der Waals surface area contributed by atoms with Crippen molar-refractivity contribution in [1.82, 2.24) is 4.98 Å². The van der Waals surface area contributed by atoms with Gasteiger partial charge in [0.25, 0.3) is 5.91 Å². The molecule has 1 aliphatic heterocycles. The molecular weight excluding hydrogens is 243 g/mol. The third-order valence-corrected chi connectivity index (χ3v) is 3.59. The maximum absolute atomic E-state index is 11.9. The number of H-pyrrole nitrogens is 1. The summed E-state index contributed by atoms with van der Waals surface area (Å²) in [5, 5.41) is 2.88. The molecule has 3 nitrogen and oxygen atoms in total. The lowest BCUT2D eigenvalue weighted by Crippen LogP contribution is -2.17. The Labute approximate surface area is 111 Å². The summed E-state index contributed by atoms with van der Waals surface area (Å²) in [4.78, 5) is 16.7. The Kier molecular flexibility index (Phi) is 3.62. The fourth-order valence-corrected chi connectivity index (χ4v) is 2.62. The van der Waals surface area contributed by atoms with Gasteiger partial charge in [-0.1, -0.05) is 23.9 Å². The van der Waals surface area contributed by atoms with E-state index in [1.807, 2.05) is 48.7 Å². The monoisotopic (exact) mass is 253 g/mol. The van der Waals surface area contributed by atoms with Gasteiger partial charge in [0, 0.05) is 25.2 Å². The largest absolute Gasteiger partial charge is 0.362 e. The Hall–Kier alpha value is -1.88. The molecule has 0 aliphatic carbocycles. The molecule has 3 radical (unpaired) electrons. The van der Waals surface area contributed by atoms with Crippen LogP contribution in [0, 0.1) is 0 Å². The highest BCUT2D eigenvalue weighted by atomic mass is 32.2. The molecule has 0 spiro atoms. The Morgan fingerprint density at radius 1 is 1.11 bits per heavy atom. The van der Waals surface area contributed by atoms with Crippen LogP contribution in [-0.4, -0.2) is 19.3 Å². The molecule has 3 rings (SSSR count). The van der Waals surface area contributed by atoms with Crippen molar-refractivity contribution < 1.29 is 4.79 Å². The molecule has 1 aliphatic rings. The Bertz CT molecular complexity index is 593. The van der Waals surface area contributed by atoms with Crippen LogP contribution >= 0.6 is 11.8 Å². The minimum atomic E-state index is -0.0525. The molecule has 0 bridgehead atoms. The average Bonchev–Trinajstić information content (AvgIpc) is 2.83. The van der Waals surface area contributed by atoms with Crippen LogP contribution < -0.4 is 5.32 Å². The molecule has 1 aromatic carbocycles. The third kappa shape index (κ3) is 2.36. The van der Waals surface area contributed by atoms with Crippen molar-refractivity contribution in [1.29, 1.82) is 0 Å². The number of thioether (sulfide) groups is 1. The topological polar surface area (TPSA) is 44.9 Å². The molecule has 87 valence electrons. The Morgan fingerprint density at radius 2 is 1.94 bits per heavy atom. The molecule has 2 aromatic rings. The molecule has 5 heteroatoms. The standard InChI is InChI=1S/C13H10N2OS.B/c16-13-12(8-9-4-3-7-14-9)17-11-6-2-1-5-10(11)15-13;/h1-8,14H,(H,15,16);. The first-order valence-corrected chi connectivity index (χ1v) is 6.08. The zero-order valence-corrected chi connectivity index (χ0v) is 10.3. The predicted octanol–water partition coefficient (Wildman–Crippen LogP) is 2.72. The fraction of sp³-hybridized carbons (Fsp3) is 0. The van der Waals surface area contributed by atoms with Crippen LogP contribution in [0.5, 0.6) is 0 Å². The fourth-order valence-electron chi connectivity index (χ4n) is 1.68. The molecule has 1 aromatic heterocycles. The molecule has 0 unspecified atom stereocenters. The number of para-hydroxylation sites is 1.